The minimum atomic E-state index is 0.0959. The average Bonchev–Trinajstić information content (AvgIpc) is 3.06. The number of nitrogens with one attached hydrogen (secondary N) is 1. The van der Waals surface area contributed by atoms with Gasteiger partial charge in [-0.05, 0) is 50.3 Å². The van der Waals surface area contributed by atoms with Gasteiger partial charge in [-0.15, -0.1) is 0 Å². The number of fused-ring (bicyclic) bond motifs is 1. The van der Waals surface area contributed by atoms with E-state index < -0.39 is 0 Å². The maximum atomic E-state index is 10.7. The van der Waals surface area contributed by atoms with Crippen LogP contribution in [-0.4, -0.2) is 20.4 Å². The van der Waals surface area contributed by atoms with Crippen molar-refractivity contribution >= 4 is 35.3 Å². The molecule has 0 atom stereocenters. The number of allylic oxidation sites excluding steroid dienone is 1. The molecule has 124 valence electrons. The minimum absolute atomic E-state index is 0.0959. The van der Waals surface area contributed by atoms with Crippen LogP contribution < -0.4 is 0 Å². The van der Waals surface area contributed by atoms with Crippen LogP contribution in [0.1, 0.15) is 23.7 Å². The zero-order valence-corrected chi connectivity index (χ0v) is 14.8. The number of aromatic hydroxyl groups is 1. The summed E-state index contributed by atoms with van der Waals surface area (Å²) in [4.78, 5) is 7.68. The molecule has 0 fully saturated rings. The van der Waals surface area contributed by atoms with E-state index in [0.29, 0.717) is 10.5 Å². The summed E-state index contributed by atoms with van der Waals surface area (Å²) < 4.78 is 2.09. The summed E-state index contributed by atoms with van der Waals surface area (Å²) in [6.45, 7) is 3.99. The van der Waals surface area contributed by atoms with Gasteiger partial charge in [0.05, 0.1) is 11.4 Å². The molecule has 0 bridgehead atoms. The topological polar surface area (TPSA) is 53.3 Å². The lowest BCUT2D eigenvalue weighted by Gasteiger charge is -2.05. The summed E-state index contributed by atoms with van der Waals surface area (Å²) >= 11 is 5.41. The predicted octanol–water partition coefficient (Wildman–Crippen LogP) is 5.20. The number of hydrogen-bond donors (Lipinski definition) is 2. The number of aliphatic imine (C=N–C) groups is 1. The molecule has 0 spiro atoms. The Balaban J connectivity index is 1.84. The first-order valence-corrected chi connectivity index (χ1v) is 8.43. The molecule has 2 heterocycles. The molecule has 25 heavy (non-hydrogen) atoms. The number of para-hydroxylation sites is 1. The zero-order chi connectivity index (χ0) is 17.6. The van der Waals surface area contributed by atoms with Crippen molar-refractivity contribution in [3.8, 4) is 11.6 Å². The second-order valence-corrected chi connectivity index (χ2v) is 6.50. The maximum absolute atomic E-state index is 10.7. The SMILES string of the molecule is CC1=Nc2ccccc2/C1=C/c1[nH]c(=S)n(-c2ccc(C)cc2)c1O. The fourth-order valence-corrected chi connectivity index (χ4v) is 3.34. The molecule has 3 aromatic rings. The van der Waals surface area contributed by atoms with Crippen LogP contribution in [0.2, 0.25) is 0 Å². The minimum Gasteiger partial charge on any atom is -0.493 e. The molecular weight excluding hydrogens is 330 g/mol. The molecular formula is C20H17N3OS. The molecule has 2 aromatic carbocycles. The van der Waals surface area contributed by atoms with E-state index in [4.69, 9.17) is 12.2 Å². The van der Waals surface area contributed by atoms with Gasteiger partial charge in [0, 0.05) is 16.8 Å². The van der Waals surface area contributed by atoms with Crippen LogP contribution in [0.3, 0.4) is 0 Å². The van der Waals surface area contributed by atoms with Gasteiger partial charge >= 0.3 is 0 Å². The van der Waals surface area contributed by atoms with Gasteiger partial charge < -0.3 is 10.1 Å². The quantitative estimate of drug-likeness (QED) is 0.626. The number of benzene rings is 2. The Morgan fingerprint density at radius 3 is 2.56 bits per heavy atom. The summed E-state index contributed by atoms with van der Waals surface area (Å²) in [5.41, 5.74) is 6.46. The van der Waals surface area contributed by atoms with Gasteiger partial charge in [0.1, 0.15) is 5.69 Å². The molecule has 2 N–H and O–H groups in total. The number of aromatic amines is 1. The van der Waals surface area contributed by atoms with Gasteiger partial charge in [-0.25, -0.2) is 0 Å². The lowest BCUT2D eigenvalue weighted by molar-refractivity contribution is 0.441. The highest BCUT2D eigenvalue weighted by Crippen LogP contribution is 2.36. The molecule has 0 saturated heterocycles. The van der Waals surface area contributed by atoms with Gasteiger partial charge in [0.25, 0.3) is 0 Å². The summed E-state index contributed by atoms with van der Waals surface area (Å²) in [6.07, 6.45) is 1.90. The molecule has 0 aliphatic carbocycles. The van der Waals surface area contributed by atoms with Crippen molar-refractivity contribution in [2.75, 3.05) is 0 Å². The molecule has 0 saturated carbocycles. The van der Waals surface area contributed by atoms with E-state index in [1.807, 2.05) is 68.5 Å². The highest BCUT2D eigenvalue weighted by molar-refractivity contribution is 7.71. The highest BCUT2D eigenvalue weighted by atomic mass is 32.1. The Labute approximate surface area is 150 Å². The number of nitrogens with zero attached hydrogens (tertiary/aromatic N) is 2. The number of imidazole rings is 1. The van der Waals surface area contributed by atoms with Crippen molar-refractivity contribution < 1.29 is 5.11 Å². The van der Waals surface area contributed by atoms with Gasteiger partial charge in [-0.2, -0.15) is 0 Å². The maximum Gasteiger partial charge on any atom is 0.222 e. The fraction of sp³-hybridized carbons (Fsp3) is 0.100. The normalized spacial score (nSPS) is 14.6. The fourth-order valence-electron chi connectivity index (χ4n) is 3.04. The lowest BCUT2D eigenvalue weighted by atomic mass is 10.0. The van der Waals surface area contributed by atoms with E-state index in [-0.39, 0.29) is 5.88 Å². The lowest BCUT2D eigenvalue weighted by Crippen LogP contribution is -1.93. The van der Waals surface area contributed by atoms with Crippen molar-refractivity contribution in [1.29, 1.82) is 0 Å². The van der Waals surface area contributed by atoms with E-state index in [1.165, 1.54) is 0 Å². The largest absolute Gasteiger partial charge is 0.493 e. The first-order valence-electron chi connectivity index (χ1n) is 8.02. The van der Waals surface area contributed by atoms with Crippen molar-refractivity contribution in [2.24, 2.45) is 4.99 Å². The molecule has 0 amide bonds. The molecule has 1 aromatic heterocycles. The van der Waals surface area contributed by atoms with E-state index in [1.54, 1.807) is 4.57 Å². The van der Waals surface area contributed by atoms with E-state index in [9.17, 15) is 5.11 Å². The number of aryl methyl sites for hydroxylation is 1. The molecule has 1 aliphatic heterocycles. The third-order valence-corrected chi connectivity index (χ3v) is 4.64. The second kappa shape index (κ2) is 5.86. The zero-order valence-electron chi connectivity index (χ0n) is 13.9. The van der Waals surface area contributed by atoms with Gasteiger partial charge in [-0.1, -0.05) is 35.9 Å². The van der Waals surface area contributed by atoms with Crippen LogP contribution >= 0.6 is 12.2 Å². The number of rotatable bonds is 2. The molecule has 4 rings (SSSR count). The van der Waals surface area contributed by atoms with Crippen LogP contribution in [0.4, 0.5) is 5.69 Å². The monoisotopic (exact) mass is 347 g/mol. The summed E-state index contributed by atoms with van der Waals surface area (Å²) in [6, 6.07) is 15.8. The molecule has 0 unspecified atom stereocenters. The third kappa shape index (κ3) is 2.62. The molecule has 5 heteroatoms. The van der Waals surface area contributed by atoms with E-state index >= 15 is 0 Å². The number of hydrogen-bond acceptors (Lipinski definition) is 3. The first-order chi connectivity index (χ1) is 12.0. The second-order valence-electron chi connectivity index (χ2n) is 6.11. The van der Waals surface area contributed by atoms with Crippen LogP contribution in [0, 0.1) is 11.7 Å². The van der Waals surface area contributed by atoms with Crippen molar-refractivity contribution in [1.82, 2.24) is 9.55 Å². The first kappa shape index (κ1) is 15.6. The van der Waals surface area contributed by atoms with E-state index in [2.05, 4.69) is 9.98 Å². The number of H-pyrrole nitrogens is 1. The third-order valence-electron chi connectivity index (χ3n) is 4.35. The Bertz CT molecular complexity index is 1080. The van der Waals surface area contributed by atoms with Crippen molar-refractivity contribution in [3.63, 3.8) is 0 Å². The summed E-state index contributed by atoms with van der Waals surface area (Å²) in [5, 5.41) is 10.7. The Morgan fingerprint density at radius 2 is 1.80 bits per heavy atom. The summed E-state index contributed by atoms with van der Waals surface area (Å²) in [7, 11) is 0. The smallest absolute Gasteiger partial charge is 0.222 e. The van der Waals surface area contributed by atoms with Crippen LogP contribution in [0.25, 0.3) is 17.3 Å². The standard InChI is InChI=1S/C20H17N3OS/c1-12-7-9-14(10-8-12)23-19(24)18(22-20(23)25)11-16-13(2)21-17-6-4-3-5-15(16)17/h3-11,24H,1-2H3,(H,22,25)/b16-11+. The van der Waals surface area contributed by atoms with Gasteiger partial charge in [0.15, 0.2) is 4.77 Å². The number of aromatic nitrogens is 2. The van der Waals surface area contributed by atoms with Crippen molar-refractivity contribution in [3.05, 3.63) is 70.1 Å². The molecule has 1 aliphatic rings. The van der Waals surface area contributed by atoms with Crippen LogP contribution in [0.15, 0.2) is 53.5 Å². The van der Waals surface area contributed by atoms with Gasteiger partial charge in [-0.3, -0.25) is 9.56 Å². The van der Waals surface area contributed by atoms with E-state index in [0.717, 1.165) is 33.8 Å². The highest BCUT2D eigenvalue weighted by Gasteiger charge is 2.19. The Kier molecular flexibility index (Phi) is 3.66. The van der Waals surface area contributed by atoms with Gasteiger partial charge in [0.2, 0.25) is 5.88 Å². The van der Waals surface area contributed by atoms with Crippen LogP contribution in [0.5, 0.6) is 5.88 Å². The molecule has 0 radical (unpaired) electrons. The van der Waals surface area contributed by atoms with Crippen molar-refractivity contribution in [2.45, 2.75) is 13.8 Å². The predicted molar refractivity (Wildman–Crippen MR) is 104 cm³/mol. The Morgan fingerprint density at radius 1 is 1.08 bits per heavy atom. The summed E-state index contributed by atoms with van der Waals surface area (Å²) in [5.74, 6) is 0.0959. The Hall–Kier alpha value is -2.92. The van der Waals surface area contributed by atoms with Crippen LogP contribution in [-0.2, 0) is 0 Å². The average molecular weight is 347 g/mol. The molecule has 4 nitrogen and oxygen atoms in total.